The molecule has 0 atom stereocenters. The second-order valence-corrected chi connectivity index (χ2v) is 5.33. The van der Waals surface area contributed by atoms with Crippen LogP contribution in [0.5, 0.6) is 0 Å². The number of anilines is 1. The molecule has 0 aromatic carbocycles. The van der Waals surface area contributed by atoms with Crippen molar-refractivity contribution in [3.8, 4) is 5.82 Å². The fourth-order valence-electron chi connectivity index (χ4n) is 1.85. The Labute approximate surface area is 109 Å². The Kier molecular flexibility index (Phi) is 2.52. The fourth-order valence-corrected chi connectivity index (χ4v) is 2.72. The maximum atomic E-state index is 4.50. The predicted octanol–water partition coefficient (Wildman–Crippen LogP) is 2.54. The quantitative estimate of drug-likeness (QED) is 0.768. The van der Waals surface area contributed by atoms with Gasteiger partial charge in [0, 0.05) is 18.1 Å². The number of thiophene rings is 1. The molecule has 0 spiro atoms. The summed E-state index contributed by atoms with van der Waals surface area (Å²) in [6, 6.07) is 4.07. The van der Waals surface area contributed by atoms with E-state index in [1.54, 1.807) is 16.0 Å². The summed E-state index contributed by atoms with van der Waals surface area (Å²) in [6.07, 6.45) is 1.92. The summed E-state index contributed by atoms with van der Waals surface area (Å²) < 4.78 is 1.80. The zero-order chi connectivity index (χ0) is 12.7. The van der Waals surface area contributed by atoms with Crippen LogP contribution in [0.15, 0.2) is 18.3 Å². The van der Waals surface area contributed by atoms with Crippen molar-refractivity contribution in [1.29, 1.82) is 0 Å². The number of fused-ring (bicyclic) bond motifs is 1. The molecule has 0 aliphatic carbocycles. The molecule has 3 rings (SSSR count). The standard InChI is InChI=1S/C12H13N5S/c1-7-4-5-17(16-7)10-9-6-8(2)18-11(9)15-12(13-3)14-10/h4-6H,1-3H3,(H,13,14,15). The fraction of sp³-hybridized carbons (Fsp3) is 0.250. The molecule has 0 fully saturated rings. The maximum absolute atomic E-state index is 4.50. The van der Waals surface area contributed by atoms with Gasteiger partial charge in [-0.1, -0.05) is 0 Å². The molecule has 6 heteroatoms. The van der Waals surface area contributed by atoms with Crippen molar-refractivity contribution in [2.24, 2.45) is 0 Å². The maximum Gasteiger partial charge on any atom is 0.225 e. The Hall–Kier alpha value is -1.95. The number of hydrogen-bond donors (Lipinski definition) is 1. The Balaban J connectivity index is 2.31. The SMILES string of the molecule is CNc1nc(-n2ccc(C)n2)c2cc(C)sc2n1. The third-order valence-electron chi connectivity index (χ3n) is 2.66. The molecule has 3 heterocycles. The molecule has 0 aliphatic rings. The van der Waals surface area contributed by atoms with Gasteiger partial charge in [0.1, 0.15) is 4.83 Å². The number of aryl methyl sites for hydroxylation is 2. The number of nitrogens with one attached hydrogen (secondary N) is 1. The predicted molar refractivity (Wildman–Crippen MR) is 73.6 cm³/mol. The molecule has 0 saturated carbocycles. The molecular formula is C12H13N5S. The first-order chi connectivity index (χ1) is 8.67. The first-order valence-electron chi connectivity index (χ1n) is 5.66. The van der Waals surface area contributed by atoms with Gasteiger partial charge in [-0.15, -0.1) is 11.3 Å². The van der Waals surface area contributed by atoms with Crippen molar-refractivity contribution in [3.63, 3.8) is 0 Å². The topological polar surface area (TPSA) is 55.6 Å². The zero-order valence-electron chi connectivity index (χ0n) is 10.4. The van der Waals surface area contributed by atoms with Gasteiger partial charge in [-0.05, 0) is 26.0 Å². The third kappa shape index (κ3) is 1.74. The van der Waals surface area contributed by atoms with E-state index < -0.39 is 0 Å². The summed E-state index contributed by atoms with van der Waals surface area (Å²) in [4.78, 5) is 11.2. The van der Waals surface area contributed by atoms with Crippen molar-refractivity contribution in [3.05, 3.63) is 28.9 Å². The normalized spacial score (nSPS) is 11.1. The lowest BCUT2D eigenvalue weighted by atomic mass is 10.3. The highest BCUT2D eigenvalue weighted by Crippen LogP contribution is 2.28. The van der Waals surface area contributed by atoms with Gasteiger partial charge in [0.25, 0.3) is 0 Å². The number of rotatable bonds is 2. The van der Waals surface area contributed by atoms with E-state index in [9.17, 15) is 0 Å². The van der Waals surface area contributed by atoms with Crippen LogP contribution in [0.1, 0.15) is 10.6 Å². The van der Waals surface area contributed by atoms with Crippen LogP contribution in [0.2, 0.25) is 0 Å². The van der Waals surface area contributed by atoms with E-state index in [-0.39, 0.29) is 0 Å². The lowest BCUT2D eigenvalue weighted by Gasteiger charge is -2.05. The molecule has 5 nitrogen and oxygen atoms in total. The van der Waals surface area contributed by atoms with Crippen LogP contribution >= 0.6 is 11.3 Å². The van der Waals surface area contributed by atoms with Crippen molar-refractivity contribution in [1.82, 2.24) is 19.7 Å². The lowest BCUT2D eigenvalue weighted by Crippen LogP contribution is -2.04. The molecule has 0 aliphatic heterocycles. The third-order valence-corrected chi connectivity index (χ3v) is 3.60. The monoisotopic (exact) mass is 259 g/mol. The zero-order valence-corrected chi connectivity index (χ0v) is 11.2. The van der Waals surface area contributed by atoms with Gasteiger partial charge in [0.05, 0.1) is 11.1 Å². The van der Waals surface area contributed by atoms with Crippen LogP contribution in [-0.2, 0) is 0 Å². The molecule has 0 amide bonds. The highest BCUT2D eigenvalue weighted by atomic mass is 32.1. The molecule has 3 aromatic rings. The van der Waals surface area contributed by atoms with Crippen molar-refractivity contribution >= 4 is 27.5 Å². The average Bonchev–Trinajstić information content (AvgIpc) is 2.92. The van der Waals surface area contributed by atoms with Gasteiger partial charge >= 0.3 is 0 Å². The summed E-state index contributed by atoms with van der Waals surface area (Å²) in [5.41, 5.74) is 0.972. The van der Waals surface area contributed by atoms with E-state index in [1.807, 2.05) is 26.2 Å². The molecule has 0 unspecified atom stereocenters. The van der Waals surface area contributed by atoms with Crippen molar-refractivity contribution in [2.75, 3.05) is 12.4 Å². The van der Waals surface area contributed by atoms with Crippen LogP contribution in [0, 0.1) is 13.8 Å². The Morgan fingerprint density at radius 3 is 2.78 bits per heavy atom. The minimum absolute atomic E-state index is 0.618. The van der Waals surface area contributed by atoms with E-state index in [4.69, 9.17) is 0 Å². The Morgan fingerprint density at radius 1 is 1.28 bits per heavy atom. The first kappa shape index (κ1) is 11.2. The van der Waals surface area contributed by atoms with Crippen LogP contribution in [0.4, 0.5) is 5.95 Å². The largest absolute Gasteiger partial charge is 0.357 e. The van der Waals surface area contributed by atoms with Gasteiger partial charge in [-0.25, -0.2) is 9.67 Å². The number of nitrogens with zero attached hydrogens (tertiary/aromatic N) is 4. The van der Waals surface area contributed by atoms with E-state index in [1.165, 1.54) is 4.88 Å². The van der Waals surface area contributed by atoms with Gasteiger partial charge in [0.2, 0.25) is 5.95 Å². The van der Waals surface area contributed by atoms with Crippen LogP contribution < -0.4 is 5.32 Å². The van der Waals surface area contributed by atoms with Crippen molar-refractivity contribution in [2.45, 2.75) is 13.8 Å². The molecule has 0 bridgehead atoms. The first-order valence-corrected chi connectivity index (χ1v) is 6.47. The smallest absolute Gasteiger partial charge is 0.225 e. The molecular weight excluding hydrogens is 246 g/mol. The van der Waals surface area contributed by atoms with E-state index >= 15 is 0 Å². The van der Waals surface area contributed by atoms with Crippen LogP contribution in [-0.4, -0.2) is 26.8 Å². The van der Waals surface area contributed by atoms with Gasteiger partial charge in [-0.3, -0.25) is 0 Å². The van der Waals surface area contributed by atoms with E-state index in [0.717, 1.165) is 21.7 Å². The molecule has 0 radical (unpaired) electrons. The summed E-state index contributed by atoms with van der Waals surface area (Å²) >= 11 is 1.67. The van der Waals surface area contributed by atoms with Gasteiger partial charge in [0.15, 0.2) is 5.82 Å². The average molecular weight is 259 g/mol. The van der Waals surface area contributed by atoms with Gasteiger partial charge in [-0.2, -0.15) is 10.1 Å². The van der Waals surface area contributed by atoms with Crippen LogP contribution in [0.3, 0.4) is 0 Å². The van der Waals surface area contributed by atoms with E-state index in [0.29, 0.717) is 5.95 Å². The Morgan fingerprint density at radius 2 is 2.11 bits per heavy atom. The van der Waals surface area contributed by atoms with E-state index in [2.05, 4.69) is 33.4 Å². The molecule has 92 valence electrons. The Bertz CT molecular complexity index is 712. The highest BCUT2D eigenvalue weighted by Gasteiger charge is 2.12. The summed E-state index contributed by atoms with van der Waals surface area (Å²) in [5, 5.41) is 8.45. The second kappa shape index (κ2) is 4.06. The minimum Gasteiger partial charge on any atom is -0.357 e. The molecule has 1 N–H and O–H groups in total. The van der Waals surface area contributed by atoms with Crippen molar-refractivity contribution < 1.29 is 0 Å². The summed E-state index contributed by atoms with van der Waals surface area (Å²) in [5.74, 6) is 1.44. The number of hydrogen-bond acceptors (Lipinski definition) is 5. The number of aromatic nitrogens is 4. The molecule has 0 saturated heterocycles. The molecule has 3 aromatic heterocycles. The van der Waals surface area contributed by atoms with Crippen LogP contribution in [0.25, 0.3) is 16.0 Å². The lowest BCUT2D eigenvalue weighted by molar-refractivity contribution is 0.838. The van der Waals surface area contributed by atoms with Gasteiger partial charge < -0.3 is 5.32 Å². The summed E-state index contributed by atoms with van der Waals surface area (Å²) in [6.45, 7) is 4.04. The summed E-state index contributed by atoms with van der Waals surface area (Å²) in [7, 11) is 1.82. The highest BCUT2D eigenvalue weighted by molar-refractivity contribution is 7.18. The molecule has 18 heavy (non-hydrogen) atoms. The minimum atomic E-state index is 0.618. The second-order valence-electron chi connectivity index (χ2n) is 4.10.